The molecule has 3 aromatic rings. The Hall–Kier alpha value is -3.72. The van der Waals surface area contributed by atoms with Gasteiger partial charge in [-0.05, 0) is 43.7 Å². The van der Waals surface area contributed by atoms with Crippen LogP contribution in [0.2, 0.25) is 0 Å². The Morgan fingerprint density at radius 3 is 2.55 bits per heavy atom. The third-order valence-corrected chi connectivity index (χ3v) is 5.90. The number of nitro benzene ring substituents is 1. The molecule has 0 spiro atoms. The molecule has 4 rings (SSSR count). The normalized spacial score (nSPS) is 14.2. The monoisotopic (exact) mass is 448 g/mol. The number of carbonyl (C=O) groups excluding carboxylic acids is 1. The van der Waals surface area contributed by atoms with Crippen LogP contribution in [0.25, 0.3) is 5.69 Å². The largest absolute Gasteiger partial charge is 0.369 e. The maximum atomic E-state index is 12.5. The molecule has 1 aromatic heterocycles. The van der Waals surface area contributed by atoms with E-state index >= 15 is 0 Å². The lowest BCUT2D eigenvalue weighted by atomic mass is 10.1. The Labute approximate surface area is 192 Å². The molecule has 33 heavy (non-hydrogen) atoms. The molecule has 0 unspecified atom stereocenters. The number of unbranched alkanes of at least 4 members (excludes halogenated alkanes) is 1. The van der Waals surface area contributed by atoms with E-state index in [9.17, 15) is 14.9 Å². The fraction of sp³-hybridized carbons (Fsp3) is 0.333. The Morgan fingerprint density at radius 1 is 1.06 bits per heavy atom. The summed E-state index contributed by atoms with van der Waals surface area (Å²) in [5.74, 6) is -0.299. The standard InChI is InChI=1S/C24H28N6O3/c31-24(20-8-9-22(23(18-20)30(32)33)29-13-11-25-19-29)26-10-4-5-12-27-14-16-28(17-15-27)21-6-2-1-3-7-21/h1-3,6-9,11,13,18-19H,4-5,10,12,14-17H2,(H,26,31). The van der Waals surface area contributed by atoms with E-state index in [1.54, 1.807) is 29.1 Å². The van der Waals surface area contributed by atoms with Gasteiger partial charge in [-0.2, -0.15) is 0 Å². The maximum Gasteiger partial charge on any atom is 0.294 e. The van der Waals surface area contributed by atoms with E-state index in [0.29, 0.717) is 12.2 Å². The number of imidazole rings is 1. The lowest BCUT2D eigenvalue weighted by molar-refractivity contribution is -0.384. The van der Waals surface area contributed by atoms with Gasteiger partial charge in [-0.25, -0.2) is 4.98 Å². The second kappa shape index (κ2) is 10.7. The Bertz CT molecular complexity index is 1060. The van der Waals surface area contributed by atoms with Crippen LogP contribution in [0.3, 0.4) is 0 Å². The van der Waals surface area contributed by atoms with Crippen LogP contribution in [0.4, 0.5) is 11.4 Å². The van der Waals surface area contributed by atoms with E-state index in [1.807, 2.05) is 6.07 Å². The predicted octanol–water partition coefficient (Wildman–Crippen LogP) is 3.11. The number of piperazine rings is 1. The minimum absolute atomic E-state index is 0.129. The summed E-state index contributed by atoms with van der Waals surface area (Å²) in [6, 6.07) is 15.0. The Balaban J connectivity index is 1.19. The zero-order valence-electron chi connectivity index (χ0n) is 18.5. The van der Waals surface area contributed by atoms with E-state index in [2.05, 4.69) is 44.4 Å². The van der Waals surface area contributed by atoms with Gasteiger partial charge in [-0.1, -0.05) is 18.2 Å². The van der Waals surface area contributed by atoms with E-state index in [1.165, 1.54) is 18.1 Å². The van der Waals surface area contributed by atoms with Crippen LogP contribution in [-0.2, 0) is 0 Å². The molecule has 9 heteroatoms. The number of amides is 1. The summed E-state index contributed by atoms with van der Waals surface area (Å²) in [5.41, 5.74) is 1.80. The second-order valence-electron chi connectivity index (χ2n) is 8.06. The first kappa shape index (κ1) is 22.5. The van der Waals surface area contributed by atoms with Crippen molar-refractivity contribution in [3.05, 3.63) is 82.9 Å². The number of benzene rings is 2. The Kier molecular flexibility index (Phi) is 7.31. The van der Waals surface area contributed by atoms with Gasteiger partial charge in [0.2, 0.25) is 0 Å². The van der Waals surface area contributed by atoms with Crippen molar-refractivity contribution < 1.29 is 9.72 Å². The van der Waals surface area contributed by atoms with Crippen molar-refractivity contribution in [2.24, 2.45) is 0 Å². The number of carbonyl (C=O) groups is 1. The van der Waals surface area contributed by atoms with Gasteiger partial charge >= 0.3 is 0 Å². The Morgan fingerprint density at radius 2 is 1.85 bits per heavy atom. The van der Waals surface area contributed by atoms with Gasteiger partial charge in [0, 0.05) is 62.4 Å². The maximum absolute atomic E-state index is 12.5. The molecule has 0 saturated carbocycles. The fourth-order valence-corrected chi connectivity index (χ4v) is 4.06. The highest BCUT2D eigenvalue weighted by molar-refractivity contribution is 5.95. The third-order valence-electron chi connectivity index (χ3n) is 5.90. The van der Waals surface area contributed by atoms with E-state index < -0.39 is 4.92 Å². The number of nitro groups is 1. The lowest BCUT2D eigenvalue weighted by Crippen LogP contribution is -2.46. The number of aromatic nitrogens is 2. The number of anilines is 1. The molecule has 2 heterocycles. The topological polar surface area (TPSA) is 96.5 Å². The van der Waals surface area contributed by atoms with Gasteiger partial charge < -0.3 is 14.8 Å². The van der Waals surface area contributed by atoms with Crippen LogP contribution in [0.1, 0.15) is 23.2 Å². The molecule has 0 atom stereocenters. The van der Waals surface area contributed by atoms with E-state index in [4.69, 9.17) is 0 Å². The number of para-hydroxylation sites is 1. The zero-order chi connectivity index (χ0) is 23.0. The second-order valence-corrected chi connectivity index (χ2v) is 8.06. The van der Waals surface area contributed by atoms with Crippen LogP contribution in [-0.4, -0.2) is 64.6 Å². The van der Waals surface area contributed by atoms with Crippen LogP contribution >= 0.6 is 0 Å². The molecule has 1 amide bonds. The molecule has 1 aliphatic heterocycles. The highest BCUT2D eigenvalue weighted by atomic mass is 16.6. The average molecular weight is 449 g/mol. The minimum atomic E-state index is -0.482. The summed E-state index contributed by atoms with van der Waals surface area (Å²) in [7, 11) is 0. The number of hydrogen-bond acceptors (Lipinski definition) is 6. The fourth-order valence-electron chi connectivity index (χ4n) is 4.06. The number of nitrogens with zero attached hydrogens (tertiary/aromatic N) is 5. The first-order valence-electron chi connectivity index (χ1n) is 11.2. The predicted molar refractivity (Wildman–Crippen MR) is 127 cm³/mol. The molecule has 172 valence electrons. The van der Waals surface area contributed by atoms with Crippen LogP contribution in [0, 0.1) is 10.1 Å². The van der Waals surface area contributed by atoms with Crippen molar-refractivity contribution in [3.8, 4) is 5.69 Å². The minimum Gasteiger partial charge on any atom is -0.369 e. The van der Waals surface area contributed by atoms with Crippen LogP contribution < -0.4 is 10.2 Å². The summed E-state index contributed by atoms with van der Waals surface area (Å²) in [6.07, 6.45) is 6.52. The van der Waals surface area contributed by atoms with Crippen molar-refractivity contribution in [1.29, 1.82) is 0 Å². The zero-order valence-corrected chi connectivity index (χ0v) is 18.5. The third kappa shape index (κ3) is 5.75. The summed E-state index contributed by atoms with van der Waals surface area (Å²) in [6.45, 7) is 5.66. The van der Waals surface area contributed by atoms with Crippen LogP contribution in [0.15, 0.2) is 67.3 Å². The molecule has 0 aliphatic carbocycles. The molecule has 1 fully saturated rings. The molecule has 9 nitrogen and oxygen atoms in total. The van der Waals surface area contributed by atoms with Crippen molar-refractivity contribution in [2.75, 3.05) is 44.2 Å². The number of nitrogens with one attached hydrogen (secondary N) is 1. The molecular weight excluding hydrogens is 420 g/mol. The van der Waals surface area contributed by atoms with E-state index in [0.717, 1.165) is 45.6 Å². The van der Waals surface area contributed by atoms with Crippen molar-refractivity contribution in [1.82, 2.24) is 19.8 Å². The van der Waals surface area contributed by atoms with Crippen molar-refractivity contribution in [3.63, 3.8) is 0 Å². The molecule has 1 aliphatic rings. The summed E-state index contributed by atoms with van der Waals surface area (Å²) in [4.78, 5) is 32.3. The number of rotatable bonds is 9. The first-order chi connectivity index (χ1) is 16.1. The summed E-state index contributed by atoms with van der Waals surface area (Å²) >= 11 is 0. The molecule has 1 saturated heterocycles. The quantitative estimate of drug-likeness (QED) is 0.307. The SMILES string of the molecule is O=C(NCCCCN1CCN(c2ccccc2)CC1)c1ccc(-n2ccnc2)c([N+](=O)[O-])c1. The number of hydrogen-bond donors (Lipinski definition) is 1. The van der Waals surface area contributed by atoms with Gasteiger partial charge in [0.15, 0.2) is 0 Å². The molecule has 1 N–H and O–H groups in total. The van der Waals surface area contributed by atoms with Gasteiger partial charge in [0.1, 0.15) is 5.69 Å². The van der Waals surface area contributed by atoms with Crippen LogP contribution in [0.5, 0.6) is 0 Å². The first-order valence-corrected chi connectivity index (χ1v) is 11.2. The van der Waals surface area contributed by atoms with Gasteiger partial charge in [0.05, 0.1) is 11.3 Å². The summed E-state index contributed by atoms with van der Waals surface area (Å²) < 4.78 is 1.56. The van der Waals surface area contributed by atoms with Crippen molar-refractivity contribution >= 4 is 17.3 Å². The van der Waals surface area contributed by atoms with Gasteiger partial charge in [-0.15, -0.1) is 0 Å². The highest BCUT2D eigenvalue weighted by Gasteiger charge is 2.19. The highest BCUT2D eigenvalue weighted by Crippen LogP contribution is 2.24. The lowest BCUT2D eigenvalue weighted by Gasteiger charge is -2.36. The van der Waals surface area contributed by atoms with Gasteiger partial charge in [-0.3, -0.25) is 19.8 Å². The molecule has 2 aromatic carbocycles. The molecular formula is C24H28N6O3. The summed E-state index contributed by atoms with van der Waals surface area (Å²) in [5, 5.41) is 14.4. The molecule has 0 radical (unpaired) electrons. The average Bonchev–Trinajstić information content (AvgIpc) is 3.39. The van der Waals surface area contributed by atoms with Crippen molar-refractivity contribution in [2.45, 2.75) is 12.8 Å². The molecule has 0 bridgehead atoms. The van der Waals surface area contributed by atoms with E-state index in [-0.39, 0.29) is 17.2 Å². The van der Waals surface area contributed by atoms with Gasteiger partial charge in [0.25, 0.3) is 11.6 Å². The smallest absolute Gasteiger partial charge is 0.294 e.